The van der Waals surface area contributed by atoms with Crippen molar-refractivity contribution in [2.24, 2.45) is 0 Å². The summed E-state index contributed by atoms with van der Waals surface area (Å²) >= 11 is 0. The summed E-state index contributed by atoms with van der Waals surface area (Å²) in [6.45, 7) is 14.1. The molecule has 0 unspecified atom stereocenters. The van der Waals surface area contributed by atoms with Crippen LogP contribution < -0.4 is 0 Å². The lowest BCUT2D eigenvalue weighted by Crippen LogP contribution is -2.54. The highest BCUT2D eigenvalue weighted by atomic mass is 28.3. The van der Waals surface area contributed by atoms with Gasteiger partial charge in [0.05, 0.1) is 14.0 Å². The quantitative estimate of drug-likeness (QED) is 0.651. The third kappa shape index (κ3) is 1.46. The number of allylic oxidation sites excluding steroid dienone is 2. The van der Waals surface area contributed by atoms with Gasteiger partial charge in [-0.05, 0) is 64.1 Å². The van der Waals surface area contributed by atoms with Crippen molar-refractivity contribution in [3.63, 3.8) is 0 Å². The number of nitrogens with zero attached hydrogens (tertiary/aromatic N) is 1. The Bertz CT molecular complexity index is 300. The summed E-state index contributed by atoms with van der Waals surface area (Å²) in [6.07, 6.45) is 0. The van der Waals surface area contributed by atoms with Crippen molar-refractivity contribution in [1.82, 2.24) is 4.90 Å². The molecule has 0 aromatic heterocycles. The van der Waals surface area contributed by atoms with Crippen molar-refractivity contribution in [2.75, 3.05) is 14.1 Å². The molecule has 86 valence electrons. The molecule has 0 amide bonds. The molecule has 0 fully saturated rings. The Balaban J connectivity index is 3.46. The van der Waals surface area contributed by atoms with Gasteiger partial charge in [-0.3, -0.25) is 4.90 Å². The van der Waals surface area contributed by atoms with E-state index in [1.165, 1.54) is 11.1 Å². The van der Waals surface area contributed by atoms with Crippen LogP contribution >= 0.6 is 0 Å². The average molecular weight is 223 g/mol. The standard InChI is InChI=1S/C13H25NSi/c1-9-10(2)12(4)13(11(9)3,14(5)6)15(7)8/h15H,1-8H3. The molecule has 0 atom stereocenters. The van der Waals surface area contributed by atoms with Gasteiger partial charge >= 0.3 is 0 Å². The van der Waals surface area contributed by atoms with Crippen LogP contribution in [-0.4, -0.2) is 33.0 Å². The molecule has 1 aliphatic rings. The molecule has 0 N–H and O–H groups in total. The molecule has 1 aliphatic carbocycles. The predicted octanol–water partition coefficient (Wildman–Crippen LogP) is 3.00. The smallest absolute Gasteiger partial charge is 0.0653 e. The van der Waals surface area contributed by atoms with Gasteiger partial charge in [0.15, 0.2) is 0 Å². The Labute approximate surface area is 96.5 Å². The maximum absolute atomic E-state index is 2.46. The predicted molar refractivity (Wildman–Crippen MR) is 72.0 cm³/mol. The van der Waals surface area contributed by atoms with Gasteiger partial charge in [-0.1, -0.05) is 13.1 Å². The summed E-state index contributed by atoms with van der Waals surface area (Å²) in [5.74, 6) is 0. The van der Waals surface area contributed by atoms with Crippen LogP contribution in [0.15, 0.2) is 22.3 Å². The maximum Gasteiger partial charge on any atom is 0.0653 e. The third-order valence-electron chi connectivity index (χ3n) is 4.37. The van der Waals surface area contributed by atoms with E-state index in [4.69, 9.17) is 0 Å². The molecule has 0 saturated carbocycles. The summed E-state index contributed by atoms with van der Waals surface area (Å²) in [5.41, 5.74) is 6.21. The van der Waals surface area contributed by atoms with Crippen LogP contribution in [0, 0.1) is 0 Å². The summed E-state index contributed by atoms with van der Waals surface area (Å²) in [6, 6.07) is 0. The second kappa shape index (κ2) is 3.91. The van der Waals surface area contributed by atoms with Crippen molar-refractivity contribution in [3.05, 3.63) is 22.3 Å². The zero-order valence-electron chi connectivity index (χ0n) is 11.5. The van der Waals surface area contributed by atoms with Crippen molar-refractivity contribution in [3.8, 4) is 0 Å². The molecule has 0 aliphatic heterocycles. The van der Waals surface area contributed by atoms with E-state index in [0.29, 0.717) is 0 Å². The highest BCUT2D eigenvalue weighted by Gasteiger charge is 2.45. The zero-order chi connectivity index (χ0) is 12.0. The minimum absolute atomic E-state index is 0.286. The van der Waals surface area contributed by atoms with E-state index in [-0.39, 0.29) is 5.16 Å². The molecule has 1 rings (SSSR count). The fourth-order valence-electron chi connectivity index (χ4n) is 3.47. The van der Waals surface area contributed by atoms with Gasteiger partial charge in [0.25, 0.3) is 0 Å². The number of rotatable bonds is 2. The second-order valence-corrected chi connectivity index (χ2v) is 8.46. The molecule has 0 heterocycles. The normalized spacial score (nSPS) is 21.2. The SMILES string of the molecule is CC1=C(C)C(N(C)C)([SiH](C)C)C(C)=C1C. The van der Waals surface area contributed by atoms with E-state index in [9.17, 15) is 0 Å². The average Bonchev–Trinajstić information content (AvgIpc) is 2.29. The van der Waals surface area contributed by atoms with E-state index >= 15 is 0 Å². The fraction of sp³-hybridized carbons (Fsp3) is 0.692. The van der Waals surface area contributed by atoms with Crippen LogP contribution in [0.2, 0.25) is 13.1 Å². The van der Waals surface area contributed by atoms with Crippen LogP contribution in [0.5, 0.6) is 0 Å². The van der Waals surface area contributed by atoms with Gasteiger partial charge in [0.1, 0.15) is 0 Å². The van der Waals surface area contributed by atoms with Crippen LogP contribution in [0.1, 0.15) is 27.7 Å². The summed E-state index contributed by atoms with van der Waals surface area (Å²) in [7, 11) is 3.66. The molecule has 15 heavy (non-hydrogen) atoms. The Morgan fingerprint density at radius 1 is 0.867 bits per heavy atom. The van der Waals surface area contributed by atoms with Crippen LogP contribution in [0.4, 0.5) is 0 Å². The van der Waals surface area contributed by atoms with Gasteiger partial charge in [-0.2, -0.15) is 0 Å². The Morgan fingerprint density at radius 3 is 1.33 bits per heavy atom. The van der Waals surface area contributed by atoms with Crippen molar-refractivity contribution in [2.45, 2.75) is 46.0 Å². The summed E-state index contributed by atoms with van der Waals surface area (Å²) in [5, 5.41) is 0.286. The number of hydrogen-bond donors (Lipinski definition) is 0. The van der Waals surface area contributed by atoms with E-state index < -0.39 is 8.80 Å². The van der Waals surface area contributed by atoms with Crippen molar-refractivity contribution < 1.29 is 0 Å². The largest absolute Gasteiger partial charge is 0.299 e. The molecular formula is C13H25NSi. The van der Waals surface area contributed by atoms with E-state index in [1.807, 2.05) is 0 Å². The monoisotopic (exact) mass is 223 g/mol. The van der Waals surface area contributed by atoms with Gasteiger partial charge < -0.3 is 0 Å². The Hall–Kier alpha value is -0.343. The van der Waals surface area contributed by atoms with Gasteiger partial charge in [0, 0.05) is 0 Å². The molecule has 0 aromatic carbocycles. The van der Waals surface area contributed by atoms with Crippen LogP contribution in [-0.2, 0) is 0 Å². The Kier molecular flexibility index (Phi) is 3.32. The fourth-order valence-corrected chi connectivity index (χ4v) is 6.67. The highest BCUT2D eigenvalue weighted by molar-refractivity contribution is 6.61. The molecular weight excluding hydrogens is 198 g/mol. The highest BCUT2D eigenvalue weighted by Crippen LogP contribution is 2.44. The molecule has 0 aromatic rings. The molecule has 2 heteroatoms. The molecule has 0 saturated heterocycles. The van der Waals surface area contributed by atoms with E-state index in [2.05, 4.69) is 59.8 Å². The van der Waals surface area contributed by atoms with E-state index in [0.717, 1.165) is 0 Å². The van der Waals surface area contributed by atoms with Gasteiger partial charge in [-0.25, -0.2) is 0 Å². The van der Waals surface area contributed by atoms with Crippen LogP contribution in [0.3, 0.4) is 0 Å². The first-order chi connectivity index (χ1) is 6.77. The molecule has 1 nitrogen and oxygen atoms in total. The number of likely N-dealkylation sites (N-methyl/N-ethyl adjacent to an activating group) is 1. The van der Waals surface area contributed by atoms with Gasteiger partial charge in [0.2, 0.25) is 0 Å². The number of hydrogen-bond acceptors (Lipinski definition) is 1. The molecule has 0 spiro atoms. The topological polar surface area (TPSA) is 3.24 Å². The third-order valence-corrected chi connectivity index (χ3v) is 7.43. The lowest BCUT2D eigenvalue weighted by molar-refractivity contribution is 0.319. The lowest BCUT2D eigenvalue weighted by Gasteiger charge is -2.43. The van der Waals surface area contributed by atoms with Crippen LogP contribution in [0.25, 0.3) is 0 Å². The minimum Gasteiger partial charge on any atom is -0.299 e. The minimum atomic E-state index is -0.799. The molecule has 0 bridgehead atoms. The first kappa shape index (κ1) is 12.7. The Morgan fingerprint density at radius 2 is 1.20 bits per heavy atom. The molecule has 0 radical (unpaired) electrons. The first-order valence-corrected chi connectivity index (χ1v) is 8.70. The van der Waals surface area contributed by atoms with Gasteiger partial charge in [-0.15, -0.1) is 0 Å². The summed E-state index contributed by atoms with van der Waals surface area (Å²) in [4.78, 5) is 2.44. The summed E-state index contributed by atoms with van der Waals surface area (Å²) < 4.78 is 0. The second-order valence-electron chi connectivity index (χ2n) is 5.32. The maximum atomic E-state index is 2.46. The van der Waals surface area contributed by atoms with E-state index in [1.54, 1.807) is 11.1 Å². The lowest BCUT2D eigenvalue weighted by atomic mass is 10.0. The first-order valence-electron chi connectivity index (χ1n) is 5.81. The zero-order valence-corrected chi connectivity index (χ0v) is 12.7. The van der Waals surface area contributed by atoms with Crippen molar-refractivity contribution >= 4 is 8.80 Å². The van der Waals surface area contributed by atoms with Crippen molar-refractivity contribution in [1.29, 1.82) is 0 Å².